The molecule has 0 fully saturated rings. The van der Waals surface area contributed by atoms with Crippen LogP contribution in [-0.2, 0) is 0 Å². The van der Waals surface area contributed by atoms with Crippen LogP contribution in [-0.4, -0.2) is 20.1 Å². The Bertz CT molecular complexity index is 869. The van der Waals surface area contributed by atoms with E-state index in [1.54, 1.807) is 12.1 Å². The summed E-state index contributed by atoms with van der Waals surface area (Å²) in [5.41, 5.74) is 3.44. The van der Waals surface area contributed by atoms with Crippen LogP contribution in [0.5, 0.6) is 5.75 Å². The van der Waals surface area contributed by atoms with E-state index in [-0.39, 0.29) is 11.3 Å². The van der Waals surface area contributed by atoms with E-state index in [0.29, 0.717) is 10.9 Å². The number of hydrogen-bond acceptors (Lipinski definition) is 4. The highest BCUT2D eigenvalue weighted by atomic mass is 16.3. The van der Waals surface area contributed by atoms with E-state index in [9.17, 15) is 9.90 Å². The first-order valence-electron chi connectivity index (χ1n) is 6.21. The standard InChI is InChI=1S/C15H13N3O2/c1-8-3-4-11(9(2)18-8)10-5-12-14(13(19)6-10)16-7-17-15(12)20/h3-7,19H,1-2H3,(H,16,17,20). The van der Waals surface area contributed by atoms with Crippen molar-refractivity contribution in [2.24, 2.45) is 0 Å². The van der Waals surface area contributed by atoms with Crippen molar-refractivity contribution in [3.8, 4) is 16.9 Å². The molecule has 0 unspecified atom stereocenters. The molecule has 2 aromatic heterocycles. The zero-order chi connectivity index (χ0) is 14.3. The van der Waals surface area contributed by atoms with Gasteiger partial charge in [-0.25, -0.2) is 4.98 Å². The maximum atomic E-state index is 11.8. The van der Waals surface area contributed by atoms with Crippen LogP contribution in [0.4, 0.5) is 0 Å². The van der Waals surface area contributed by atoms with Crippen molar-refractivity contribution < 1.29 is 5.11 Å². The Hall–Kier alpha value is -2.69. The smallest absolute Gasteiger partial charge is 0.258 e. The van der Waals surface area contributed by atoms with Crippen LogP contribution >= 0.6 is 0 Å². The highest BCUT2D eigenvalue weighted by molar-refractivity contribution is 5.89. The second-order valence-corrected chi connectivity index (χ2v) is 4.71. The van der Waals surface area contributed by atoms with Crippen molar-refractivity contribution in [2.45, 2.75) is 13.8 Å². The number of aryl methyl sites for hydroxylation is 2. The van der Waals surface area contributed by atoms with Crippen molar-refractivity contribution in [1.29, 1.82) is 0 Å². The molecule has 100 valence electrons. The first kappa shape index (κ1) is 12.3. The third-order valence-corrected chi connectivity index (χ3v) is 3.26. The van der Waals surface area contributed by atoms with Crippen LogP contribution in [0.2, 0.25) is 0 Å². The zero-order valence-electron chi connectivity index (χ0n) is 11.1. The first-order valence-corrected chi connectivity index (χ1v) is 6.21. The highest BCUT2D eigenvalue weighted by Crippen LogP contribution is 2.30. The summed E-state index contributed by atoms with van der Waals surface area (Å²) in [5, 5.41) is 10.4. The molecule has 1 aromatic carbocycles. The molecule has 0 saturated heterocycles. The number of fused-ring (bicyclic) bond motifs is 1. The van der Waals surface area contributed by atoms with Gasteiger partial charge in [0.2, 0.25) is 0 Å². The van der Waals surface area contributed by atoms with Gasteiger partial charge in [0.05, 0.1) is 11.7 Å². The fraction of sp³-hybridized carbons (Fsp3) is 0.133. The SMILES string of the molecule is Cc1ccc(-c2cc(O)c3nc[nH]c(=O)c3c2)c(C)n1. The van der Waals surface area contributed by atoms with Crippen molar-refractivity contribution in [2.75, 3.05) is 0 Å². The number of phenolic OH excluding ortho intramolecular Hbond substituents is 1. The lowest BCUT2D eigenvalue weighted by Crippen LogP contribution is -2.06. The minimum Gasteiger partial charge on any atom is -0.506 e. The number of nitrogens with one attached hydrogen (secondary N) is 1. The molecule has 5 nitrogen and oxygen atoms in total. The van der Waals surface area contributed by atoms with Gasteiger partial charge in [-0.15, -0.1) is 0 Å². The quantitative estimate of drug-likeness (QED) is 0.709. The van der Waals surface area contributed by atoms with Gasteiger partial charge in [-0.3, -0.25) is 9.78 Å². The van der Waals surface area contributed by atoms with Crippen LogP contribution in [0.15, 0.2) is 35.4 Å². The van der Waals surface area contributed by atoms with Crippen LogP contribution in [0, 0.1) is 13.8 Å². The molecule has 3 aromatic rings. The van der Waals surface area contributed by atoms with Crippen molar-refractivity contribution in [3.63, 3.8) is 0 Å². The molecule has 0 aliphatic rings. The lowest BCUT2D eigenvalue weighted by Gasteiger charge is -2.08. The van der Waals surface area contributed by atoms with Crippen molar-refractivity contribution in [1.82, 2.24) is 15.0 Å². The monoisotopic (exact) mass is 267 g/mol. The molecular formula is C15H13N3O2. The summed E-state index contributed by atoms with van der Waals surface area (Å²) >= 11 is 0. The van der Waals surface area contributed by atoms with E-state index in [4.69, 9.17) is 0 Å². The normalized spacial score (nSPS) is 10.9. The van der Waals surface area contributed by atoms with Crippen LogP contribution in [0.1, 0.15) is 11.4 Å². The summed E-state index contributed by atoms with van der Waals surface area (Å²) in [6.07, 6.45) is 1.28. The lowest BCUT2D eigenvalue weighted by atomic mass is 10.0. The first-order chi connectivity index (χ1) is 9.56. The van der Waals surface area contributed by atoms with E-state index < -0.39 is 0 Å². The Labute approximate surface area is 115 Å². The average molecular weight is 267 g/mol. The van der Waals surface area contributed by atoms with Crippen molar-refractivity contribution in [3.05, 3.63) is 52.3 Å². The lowest BCUT2D eigenvalue weighted by molar-refractivity contribution is 0.480. The zero-order valence-corrected chi connectivity index (χ0v) is 11.1. The molecule has 2 N–H and O–H groups in total. The number of hydrogen-bond donors (Lipinski definition) is 2. The summed E-state index contributed by atoms with van der Waals surface area (Å²) in [4.78, 5) is 22.7. The Kier molecular flexibility index (Phi) is 2.75. The van der Waals surface area contributed by atoms with Crippen molar-refractivity contribution >= 4 is 10.9 Å². The number of nitrogens with zero attached hydrogens (tertiary/aromatic N) is 2. The molecule has 20 heavy (non-hydrogen) atoms. The number of phenols is 1. The van der Waals surface area contributed by atoms with Crippen LogP contribution in [0.3, 0.4) is 0 Å². The van der Waals surface area contributed by atoms with E-state index in [2.05, 4.69) is 15.0 Å². The van der Waals surface area contributed by atoms with E-state index >= 15 is 0 Å². The van der Waals surface area contributed by atoms with Crippen LogP contribution < -0.4 is 5.56 Å². The molecular weight excluding hydrogens is 254 g/mol. The summed E-state index contributed by atoms with van der Waals surface area (Å²) in [7, 11) is 0. The van der Waals surface area contributed by atoms with Gasteiger partial charge < -0.3 is 10.1 Å². The Morgan fingerprint density at radius 3 is 2.75 bits per heavy atom. The topological polar surface area (TPSA) is 78.9 Å². The Morgan fingerprint density at radius 2 is 2.00 bits per heavy atom. The van der Waals surface area contributed by atoms with Gasteiger partial charge in [0, 0.05) is 17.0 Å². The van der Waals surface area contributed by atoms with Gasteiger partial charge in [-0.05, 0) is 37.6 Å². The summed E-state index contributed by atoms with van der Waals surface area (Å²) in [6, 6.07) is 7.16. The maximum Gasteiger partial charge on any atom is 0.258 e. The Morgan fingerprint density at radius 1 is 1.20 bits per heavy atom. The van der Waals surface area contributed by atoms with Gasteiger partial charge in [0.25, 0.3) is 5.56 Å². The molecule has 0 amide bonds. The fourth-order valence-corrected chi connectivity index (χ4v) is 2.31. The number of pyridine rings is 1. The van der Waals surface area contributed by atoms with E-state index in [1.807, 2.05) is 26.0 Å². The number of aromatic amines is 1. The molecule has 0 aliphatic carbocycles. The highest BCUT2D eigenvalue weighted by Gasteiger charge is 2.10. The Balaban J connectivity index is 2.32. The predicted molar refractivity (Wildman–Crippen MR) is 76.7 cm³/mol. The van der Waals surface area contributed by atoms with Gasteiger partial charge in [-0.1, -0.05) is 6.07 Å². The van der Waals surface area contributed by atoms with Gasteiger partial charge in [0.1, 0.15) is 11.3 Å². The second-order valence-electron chi connectivity index (χ2n) is 4.71. The molecule has 0 aliphatic heterocycles. The third kappa shape index (κ3) is 1.93. The molecule has 2 heterocycles. The second kappa shape index (κ2) is 4.45. The number of benzene rings is 1. The minimum atomic E-state index is -0.273. The molecule has 0 spiro atoms. The van der Waals surface area contributed by atoms with E-state index in [0.717, 1.165) is 22.5 Å². The van der Waals surface area contributed by atoms with E-state index in [1.165, 1.54) is 6.33 Å². The van der Waals surface area contributed by atoms with Gasteiger partial charge >= 0.3 is 0 Å². The summed E-state index contributed by atoms with van der Waals surface area (Å²) < 4.78 is 0. The van der Waals surface area contributed by atoms with Crippen LogP contribution in [0.25, 0.3) is 22.0 Å². The molecule has 5 heteroatoms. The average Bonchev–Trinajstić information content (AvgIpc) is 2.40. The summed E-state index contributed by atoms with van der Waals surface area (Å²) in [6.45, 7) is 3.82. The molecule has 0 atom stereocenters. The molecule has 0 radical (unpaired) electrons. The molecule has 0 saturated carbocycles. The minimum absolute atomic E-state index is 0.0106. The number of H-pyrrole nitrogens is 1. The predicted octanol–water partition coefficient (Wildman–Crippen LogP) is 2.31. The number of aromatic nitrogens is 3. The largest absolute Gasteiger partial charge is 0.506 e. The fourth-order valence-electron chi connectivity index (χ4n) is 2.31. The molecule has 0 bridgehead atoms. The number of aromatic hydroxyl groups is 1. The maximum absolute atomic E-state index is 11.8. The third-order valence-electron chi connectivity index (χ3n) is 3.26. The van der Waals surface area contributed by atoms with Gasteiger partial charge in [0.15, 0.2) is 0 Å². The van der Waals surface area contributed by atoms with Gasteiger partial charge in [-0.2, -0.15) is 0 Å². The molecule has 3 rings (SSSR count). The summed E-state index contributed by atoms with van der Waals surface area (Å²) in [5.74, 6) is -0.0106. The number of rotatable bonds is 1.